The highest BCUT2D eigenvalue weighted by atomic mass is 16.4. The van der Waals surface area contributed by atoms with E-state index in [4.69, 9.17) is 5.11 Å². The number of nitrogens with zero attached hydrogens (tertiary/aromatic N) is 3. The van der Waals surface area contributed by atoms with E-state index < -0.39 is 6.09 Å². The first-order valence-electron chi connectivity index (χ1n) is 5.28. The molecule has 3 N–H and O–H groups in total. The van der Waals surface area contributed by atoms with Crippen LogP contribution in [0.4, 0.5) is 10.7 Å². The van der Waals surface area contributed by atoms with Gasteiger partial charge in [-0.15, -0.1) is 10.2 Å². The Balaban J connectivity index is 2.15. The molecule has 1 saturated heterocycles. The number of hydrogen-bond donors (Lipinski definition) is 3. The van der Waals surface area contributed by atoms with Crippen molar-refractivity contribution in [2.75, 3.05) is 18.4 Å². The molecule has 0 radical (unpaired) electrons. The van der Waals surface area contributed by atoms with Crippen LogP contribution >= 0.6 is 0 Å². The van der Waals surface area contributed by atoms with Crippen LogP contribution in [-0.2, 0) is 7.05 Å². The molecule has 2 heterocycles. The normalized spacial score (nSPS) is 17.3. The summed E-state index contributed by atoms with van der Waals surface area (Å²) in [7, 11) is 1.78. The molecule has 1 aromatic rings. The van der Waals surface area contributed by atoms with E-state index in [1.165, 1.54) is 0 Å². The lowest BCUT2D eigenvalue weighted by molar-refractivity contribution is 0.209. The van der Waals surface area contributed by atoms with Crippen LogP contribution in [0.15, 0.2) is 0 Å². The molecule has 7 heteroatoms. The first-order valence-corrected chi connectivity index (χ1v) is 5.28. The van der Waals surface area contributed by atoms with Gasteiger partial charge in [0.25, 0.3) is 0 Å². The second kappa shape index (κ2) is 4.48. The molecular weight excluding hydrogens is 210 g/mol. The minimum atomic E-state index is -1.12. The van der Waals surface area contributed by atoms with Gasteiger partial charge in [0.05, 0.1) is 0 Å². The third kappa shape index (κ3) is 2.13. The van der Waals surface area contributed by atoms with Crippen LogP contribution in [0.25, 0.3) is 0 Å². The van der Waals surface area contributed by atoms with E-state index in [0.717, 1.165) is 31.8 Å². The number of nitrogens with one attached hydrogen (secondary N) is 2. The quantitative estimate of drug-likeness (QED) is 0.676. The van der Waals surface area contributed by atoms with Crippen molar-refractivity contribution in [2.45, 2.75) is 18.8 Å². The molecule has 1 amide bonds. The van der Waals surface area contributed by atoms with Crippen molar-refractivity contribution in [2.24, 2.45) is 7.05 Å². The van der Waals surface area contributed by atoms with Gasteiger partial charge in [0.2, 0.25) is 5.95 Å². The summed E-state index contributed by atoms with van der Waals surface area (Å²) in [5.74, 6) is 1.49. The van der Waals surface area contributed by atoms with E-state index in [1.807, 2.05) is 0 Å². The van der Waals surface area contributed by atoms with Gasteiger partial charge in [0.1, 0.15) is 5.82 Å². The summed E-state index contributed by atoms with van der Waals surface area (Å²) in [4.78, 5) is 10.5. The predicted octanol–water partition coefficient (Wildman–Crippen LogP) is 0.372. The lowest BCUT2D eigenvalue weighted by Gasteiger charge is -2.21. The molecule has 0 spiro atoms. The summed E-state index contributed by atoms with van der Waals surface area (Å²) >= 11 is 0. The van der Waals surface area contributed by atoms with Crippen molar-refractivity contribution in [3.05, 3.63) is 5.82 Å². The SMILES string of the molecule is Cn1c(NC(=O)O)nnc1C1CCNCC1. The van der Waals surface area contributed by atoms with Gasteiger partial charge in [-0.05, 0) is 25.9 Å². The Kier molecular flexibility index (Phi) is 3.04. The van der Waals surface area contributed by atoms with Crippen LogP contribution in [0.2, 0.25) is 0 Å². The molecule has 0 unspecified atom stereocenters. The van der Waals surface area contributed by atoms with Gasteiger partial charge in [0.15, 0.2) is 0 Å². The van der Waals surface area contributed by atoms with E-state index in [0.29, 0.717) is 5.92 Å². The van der Waals surface area contributed by atoms with Crippen molar-refractivity contribution in [3.8, 4) is 0 Å². The Bertz CT molecular complexity index is 383. The van der Waals surface area contributed by atoms with E-state index in [9.17, 15) is 4.79 Å². The summed E-state index contributed by atoms with van der Waals surface area (Å²) in [6.45, 7) is 1.94. The number of carboxylic acid groups (broad SMARTS) is 1. The first kappa shape index (κ1) is 10.9. The number of rotatable bonds is 2. The Labute approximate surface area is 92.9 Å². The molecule has 2 rings (SSSR count). The number of amides is 1. The van der Waals surface area contributed by atoms with E-state index in [-0.39, 0.29) is 5.95 Å². The summed E-state index contributed by atoms with van der Waals surface area (Å²) in [6, 6.07) is 0. The fourth-order valence-corrected chi connectivity index (χ4v) is 1.98. The maximum atomic E-state index is 10.5. The van der Waals surface area contributed by atoms with Crippen LogP contribution in [-0.4, -0.2) is 39.1 Å². The van der Waals surface area contributed by atoms with Gasteiger partial charge in [0, 0.05) is 13.0 Å². The molecule has 0 aliphatic carbocycles. The van der Waals surface area contributed by atoms with Crippen LogP contribution in [0, 0.1) is 0 Å². The Morgan fingerprint density at radius 1 is 1.50 bits per heavy atom. The van der Waals surface area contributed by atoms with Crippen LogP contribution in [0.3, 0.4) is 0 Å². The highest BCUT2D eigenvalue weighted by Crippen LogP contribution is 2.24. The zero-order valence-corrected chi connectivity index (χ0v) is 9.10. The molecule has 1 aliphatic heterocycles. The maximum Gasteiger partial charge on any atom is 0.411 e. The third-order valence-electron chi connectivity index (χ3n) is 2.83. The van der Waals surface area contributed by atoms with Gasteiger partial charge in [-0.25, -0.2) is 4.79 Å². The highest BCUT2D eigenvalue weighted by Gasteiger charge is 2.21. The predicted molar refractivity (Wildman–Crippen MR) is 57.5 cm³/mol. The van der Waals surface area contributed by atoms with E-state index in [1.54, 1.807) is 11.6 Å². The van der Waals surface area contributed by atoms with Gasteiger partial charge < -0.3 is 10.4 Å². The summed E-state index contributed by atoms with van der Waals surface area (Å²) in [5, 5.41) is 22.0. The standard InChI is InChI=1S/C9H15N5O2/c1-14-7(6-2-4-10-5-3-6)12-13-8(14)11-9(15)16/h6,10H,2-5H2,1H3,(H,11,13)(H,15,16). The van der Waals surface area contributed by atoms with Crippen molar-refractivity contribution in [1.29, 1.82) is 0 Å². The Morgan fingerprint density at radius 3 is 2.81 bits per heavy atom. The number of aromatic nitrogens is 3. The van der Waals surface area contributed by atoms with Gasteiger partial charge in [-0.2, -0.15) is 0 Å². The topological polar surface area (TPSA) is 92.1 Å². The third-order valence-corrected chi connectivity index (χ3v) is 2.83. The molecule has 0 aromatic carbocycles. The maximum absolute atomic E-state index is 10.5. The van der Waals surface area contributed by atoms with Crippen molar-refractivity contribution >= 4 is 12.0 Å². The van der Waals surface area contributed by atoms with Crippen molar-refractivity contribution in [1.82, 2.24) is 20.1 Å². The van der Waals surface area contributed by atoms with Crippen LogP contribution < -0.4 is 10.6 Å². The molecule has 0 saturated carbocycles. The lowest BCUT2D eigenvalue weighted by atomic mass is 9.97. The molecule has 0 atom stereocenters. The largest absolute Gasteiger partial charge is 0.465 e. The fraction of sp³-hybridized carbons (Fsp3) is 0.667. The monoisotopic (exact) mass is 225 g/mol. The second-order valence-corrected chi connectivity index (χ2v) is 3.90. The van der Waals surface area contributed by atoms with E-state index >= 15 is 0 Å². The van der Waals surface area contributed by atoms with Gasteiger partial charge in [-0.3, -0.25) is 9.88 Å². The summed E-state index contributed by atoms with van der Waals surface area (Å²) < 4.78 is 1.71. The molecular formula is C9H15N5O2. The minimum absolute atomic E-state index is 0.279. The molecule has 0 bridgehead atoms. The number of hydrogen-bond acceptors (Lipinski definition) is 4. The molecule has 1 fully saturated rings. The first-order chi connectivity index (χ1) is 7.68. The van der Waals surface area contributed by atoms with Crippen molar-refractivity contribution < 1.29 is 9.90 Å². The summed E-state index contributed by atoms with van der Waals surface area (Å²) in [5.41, 5.74) is 0. The molecule has 1 aliphatic rings. The number of anilines is 1. The van der Waals surface area contributed by atoms with Crippen molar-refractivity contribution in [3.63, 3.8) is 0 Å². The Hall–Kier alpha value is -1.63. The lowest BCUT2D eigenvalue weighted by Crippen LogP contribution is -2.28. The number of piperidine rings is 1. The molecule has 88 valence electrons. The minimum Gasteiger partial charge on any atom is -0.465 e. The number of carbonyl (C=O) groups is 1. The van der Waals surface area contributed by atoms with Gasteiger partial charge in [-0.1, -0.05) is 0 Å². The average molecular weight is 225 g/mol. The zero-order valence-electron chi connectivity index (χ0n) is 9.10. The molecule has 16 heavy (non-hydrogen) atoms. The van der Waals surface area contributed by atoms with Crippen LogP contribution in [0.5, 0.6) is 0 Å². The highest BCUT2D eigenvalue weighted by molar-refractivity contribution is 5.80. The molecule has 7 nitrogen and oxygen atoms in total. The summed E-state index contributed by atoms with van der Waals surface area (Å²) in [6.07, 6.45) is 0.908. The smallest absolute Gasteiger partial charge is 0.411 e. The Morgan fingerprint density at radius 2 is 2.19 bits per heavy atom. The van der Waals surface area contributed by atoms with E-state index in [2.05, 4.69) is 20.8 Å². The second-order valence-electron chi connectivity index (χ2n) is 3.90. The van der Waals surface area contributed by atoms with Crippen LogP contribution in [0.1, 0.15) is 24.6 Å². The average Bonchev–Trinajstić information content (AvgIpc) is 2.61. The zero-order chi connectivity index (χ0) is 11.5. The fourth-order valence-electron chi connectivity index (χ4n) is 1.98. The van der Waals surface area contributed by atoms with Gasteiger partial charge >= 0.3 is 6.09 Å². The molecule has 1 aromatic heterocycles.